The second kappa shape index (κ2) is 2.96. The standard InChI is InChI=1S/C6H4BF3O/c8-3-1-4(7-11)6(10)5(9)2-3/h1-2,7,11H. The molecule has 11 heavy (non-hydrogen) atoms. The van der Waals surface area contributed by atoms with E-state index in [0.29, 0.717) is 6.07 Å². The molecular weight excluding hydrogens is 156 g/mol. The highest BCUT2D eigenvalue weighted by atomic mass is 19.2. The predicted octanol–water partition coefficient (Wildman–Crippen LogP) is 0.0730. The second-order valence-electron chi connectivity index (χ2n) is 2.02. The van der Waals surface area contributed by atoms with Gasteiger partial charge in [0.15, 0.2) is 11.6 Å². The summed E-state index contributed by atoms with van der Waals surface area (Å²) in [5, 5.41) is 8.39. The molecule has 1 aromatic carbocycles. The zero-order valence-electron chi connectivity index (χ0n) is 5.44. The topological polar surface area (TPSA) is 20.2 Å². The molecule has 0 fully saturated rings. The number of hydrogen-bond donors (Lipinski definition) is 1. The van der Waals surface area contributed by atoms with Gasteiger partial charge in [-0.15, -0.1) is 0 Å². The third-order valence-electron chi connectivity index (χ3n) is 1.24. The van der Waals surface area contributed by atoms with Crippen molar-refractivity contribution in [3.63, 3.8) is 0 Å². The molecule has 0 bridgehead atoms. The van der Waals surface area contributed by atoms with Crippen molar-refractivity contribution in [3.8, 4) is 0 Å². The summed E-state index contributed by atoms with van der Waals surface area (Å²) in [5.74, 6) is -3.38. The van der Waals surface area contributed by atoms with Crippen LogP contribution in [0.15, 0.2) is 12.1 Å². The molecule has 58 valence electrons. The van der Waals surface area contributed by atoms with Gasteiger partial charge >= 0.3 is 7.48 Å². The summed E-state index contributed by atoms with van der Waals surface area (Å²) in [6.45, 7) is 0. The molecule has 0 heterocycles. The number of hydrogen-bond acceptors (Lipinski definition) is 1. The highest BCUT2D eigenvalue weighted by molar-refractivity contribution is 6.45. The van der Waals surface area contributed by atoms with Crippen LogP contribution in [0, 0.1) is 17.5 Å². The first-order chi connectivity index (χ1) is 5.15. The summed E-state index contributed by atoms with van der Waals surface area (Å²) in [4.78, 5) is 0. The Hall–Kier alpha value is -0.965. The van der Waals surface area contributed by atoms with Crippen molar-refractivity contribution >= 4 is 12.9 Å². The minimum Gasteiger partial charge on any atom is -0.449 e. The fourth-order valence-electron chi connectivity index (χ4n) is 0.724. The van der Waals surface area contributed by atoms with Crippen LogP contribution in [-0.4, -0.2) is 12.5 Å². The summed E-state index contributed by atoms with van der Waals surface area (Å²) < 4.78 is 37.1. The molecule has 0 saturated carbocycles. The number of benzene rings is 1. The first kappa shape index (κ1) is 8.13. The van der Waals surface area contributed by atoms with Crippen molar-refractivity contribution < 1.29 is 18.2 Å². The van der Waals surface area contributed by atoms with Gasteiger partial charge in [-0.2, -0.15) is 0 Å². The molecule has 0 saturated heterocycles. The molecule has 1 rings (SSSR count). The van der Waals surface area contributed by atoms with Crippen molar-refractivity contribution in [2.75, 3.05) is 0 Å². The van der Waals surface area contributed by atoms with E-state index in [-0.39, 0.29) is 5.46 Å². The van der Waals surface area contributed by atoms with Crippen LogP contribution < -0.4 is 5.46 Å². The van der Waals surface area contributed by atoms with Gasteiger partial charge in [-0.3, -0.25) is 0 Å². The molecule has 1 aromatic rings. The summed E-state index contributed by atoms with van der Waals surface area (Å²) in [7, 11) is -0.708. The average molecular weight is 160 g/mol. The van der Waals surface area contributed by atoms with Crippen LogP contribution in [-0.2, 0) is 0 Å². The fraction of sp³-hybridized carbons (Fsp3) is 0. The van der Waals surface area contributed by atoms with Gasteiger partial charge < -0.3 is 5.02 Å². The molecule has 0 unspecified atom stereocenters. The molecule has 0 aromatic heterocycles. The van der Waals surface area contributed by atoms with Crippen molar-refractivity contribution in [2.45, 2.75) is 0 Å². The Kier molecular flexibility index (Phi) is 2.19. The first-order valence-corrected chi connectivity index (χ1v) is 2.89. The van der Waals surface area contributed by atoms with Gasteiger partial charge in [0, 0.05) is 6.07 Å². The molecule has 0 atom stereocenters. The molecular formula is C6H4BF3O. The normalized spacial score (nSPS) is 9.82. The average Bonchev–Trinajstić information content (AvgIpc) is 1.96. The van der Waals surface area contributed by atoms with Crippen molar-refractivity contribution in [2.24, 2.45) is 0 Å². The van der Waals surface area contributed by atoms with Gasteiger partial charge in [-0.05, 0) is 11.5 Å². The Morgan fingerprint density at radius 2 is 1.82 bits per heavy atom. The van der Waals surface area contributed by atoms with E-state index >= 15 is 0 Å². The van der Waals surface area contributed by atoms with Gasteiger partial charge in [0.25, 0.3) is 0 Å². The molecule has 0 spiro atoms. The third-order valence-corrected chi connectivity index (χ3v) is 1.24. The van der Waals surface area contributed by atoms with Crippen LogP contribution in [0.2, 0.25) is 0 Å². The lowest BCUT2D eigenvalue weighted by Gasteiger charge is -1.98. The van der Waals surface area contributed by atoms with Gasteiger partial charge in [0.05, 0.1) is 0 Å². The Morgan fingerprint density at radius 1 is 1.18 bits per heavy atom. The molecule has 5 heteroatoms. The highest BCUT2D eigenvalue weighted by Gasteiger charge is 2.10. The fourth-order valence-corrected chi connectivity index (χ4v) is 0.724. The molecule has 0 amide bonds. The SMILES string of the molecule is OBc1cc(F)cc(F)c1F. The maximum absolute atomic E-state index is 12.5. The lowest BCUT2D eigenvalue weighted by molar-refractivity contribution is 0.498. The van der Waals surface area contributed by atoms with Crippen LogP contribution in [0.3, 0.4) is 0 Å². The molecule has 0 radical (unpaired) electrons. The van der Waals surface area contributed by atoms with Crippen LogP contribution in [0.4, 0.5) is 13.2 Å². The number of rotatable bonds is 1. The van der Waals surface area contributed by atoms with E-state index in [1.165, 1.54) is 0 Å². The van der Waals surface area contributed by atoms with Crippen molar-refractivity contribution in [1.82, 2.24) is 0 Å². The first-order valence-electron chi connectivity index (χ1n) is 2.89. The summed E-state index contributed by atoms with van der Waals surface area (Å²) in [6, 6.07) is 1.17. The van der Waals surface area contributed by atoms with Crippen LogP contribution in [0.1, 0.15) is 0 Å². The van der Waals surface area contributed by atoms with Gasteiger partial charge in [0.2, 0.25) is 0 Å². The minimum atomic E-state index is -1.28. The molecule has 0 aliphatic carbocycles. The van der Waals surface area contributed by atoms with E-state index < -0.39 is 24.9 Å². The number of halogens is 3. The largest absolute Gasteiger partial charge is 0.449 e. The molecule has 1 nitrogen and oxygen atoms in total. The summed E-state index contributed by atoms with van der Waals surface area (Å²) in [6.07, 6.45) is 0. The van der Waals surface area contributed by atoms with E-state index in [1.807, 2.05) is 0 Å². The Bertz CT molecular complexity index is 277. The Labute approximate surface area is 61.7 Å². The van der Waals surface area contributed by atoms with Crippen LogP contribution in [0.25, 0.3) is 0 Å². The molecule has 0 aliphatic rings. The maximum Gasteiger partial charge on any atom is 0.307 e. The van der Waals surface area contributed by atoms with E-state index in [1.54, 1.807) is 0 Å². The summed E-state index contributed by atoms with van der Waals surface area (Å²) >= 11 is 0. The van der Waals surface area contributed by atoms with Gasteiger partial charge in [-0.25, -0.2) is 13.2 Å². The van der Waals surface area contributed by atoms with Gasteiger partial charge in [0.1, 0.15) is 5.82 Å². The quantitative estimate of drug-likeness (QED) is 0.455. The van der Waals surface area contributed by atoms with Crippen LogP contribution in [0.5, 0.6) is 0 Å². The van der Waals surface area contributed by atoms with Gasteiger partial charge in [-0.1, -0.05) is 0 Å². The van der Waals surface area contributed by atoms with E-state index in [4.69, 9.17) is 5.02 Å². The minimum absolute atomic E-state index is 0.373. The van der Waals surface area contributed by atoms with Crippen molar-refractivity contribution in [3.05, 3.63) is 29.6 Å². The second-order valence-corrected chi connectivity index (χ2v) is 2.02. The van der Waals surface area contributed by atoms with E-state index in [9.17, 15) is 13.2 Å². The van der Waals surface area contributed by atoms with E-state index in [0.717, 1.165) is 6.07 Å². The van der Waals surface area contributed by atoms with Crippen molar-refractivity contribution in [1.29, 1.82) is 0 Å². The Morgan fingerprint density at radius 3 is 2.36 bits per heavy atom. The van der Waals surface area contributed by atoms with Crippen LogP contribution >= 0.6 is 0 Å². The lowest BCUT2D eigenvalue weighted by atomic mass is 9.88. The summed E-state index contributed by atoms with van der Waals surface area (Å²) in [5.41, 5.74) is -0.373. The zero-order valence-corrected chi connectivity index (χ0v) is 5.44. The molecule has 0 aliphatic heterocycles. The van der Waals surface area contributed by atoms with E-state index in [2.05, 4.69) is 0 Å². The Balaban J connectivity index is 3.24. The third kappa shape index (κ3) is 1.54. The zero-order chi connectivity index (χ0) is 8.43. The smallest absolute Gasteiger partial charge is 0.307 e. The molecule has 1 N–H and O–H groups in total. The maximum atomic E-state index is 12.5. The highest BCUT2D eigenvalue weighted by Crippen LogP contribution is 2.04. The predicted molar refractivity (Wildman–Crippen MR) is 35.3 cm³/mol. The monoisotopic (exact) mass is 160 g/mol. The lowest BCUT2D eigenvalue weighted by Crippen LogP contribution is -2.20.